The van der Waals surface area contributed by atoms with Gasteiger partial charge in [-0.25, -0.2) is 0 Å². The molecule has 0 spiro atoms. The molecule has 0 fully saturated rings. The van der Waals surface area contributed by atoms with E-state index in [4.69, 9.17) is 34.8 Å². The van der Waals surface area contributed by atoms with Crippen LogP contribution in [0.5, 0.6) is 0 Å². The van der Waals surface area contributed by atoms with Crippen molar-refractivity contribution < 1.29 is 5.11 Å². The largest absolute Gasteiger partial charge is 0.382 e. The van der Waals surface area contributed by atoms with Crippen molar-refractivity contribution in [3.63, 3.8) is 0 Å². The van der Waals surface area contributed by atoms with Crippen molar-refractivity contribution in [3.8, 4) is 16.8 Å². The van der Waals surface area contributed by atoms with Gasteiger partial charge < -0.3 is 9.67 Å². The summed E-state index contributed by atoms with van der Waals surface area (Å²) in [6.07, 6.45) is 4.30. The van der Waals surface area contributed by atoms with Crippen LogP contribution in [0.25, 0.3) is 16.8 Å². The highest BCUT2D eigenvalue weighted by Crippen LogP contribution is 2.37. The Kier molecular flexibility index (Phi) is 5.42. The number of halogens is 3. The van der Waals surface area contributed by atoms with E-state index in [1.807, 2.05) is 53.2 Å². The summed E-state index contributed by atoms with van der Waals surface area (Å²) in [6.45, 7) is 0. The van der Waals surface area contributed by atoms with E-state index < -0.39 is 6.10 Å². The fourth-order valence-corrected chi connectivity index (χ4v) is 3.80. The first kappa shape index (κ1) is 19.0. The molecule has 0 bridgehead atoms. The molecule has 0 aliphatic carbocycles. The number of aliphatic hydroxyl groups excluding tert-OH is 1. The van der Waals surface area contributed by atoms with E-state index in [1.165, 1.54) is 0 Å². The number of aliphatic hydroxyl groups is 1. The summed E-state index contributed by atoms with van der Waals surface area (Å²) in [5, 5.41) is 12.9. The molecule has 1 N–H and O–H groups in total. The summed E-state index contributed by atoms with van der Waals surface area (Å²) < 4.78 is 1.88. The first-order valence-corrected chi connectivity index (χ1v) is 9.68. The van der Waals surface area contributed by atoms with Crippen molar-refractivity contribution in [2.75, 3.05) is 0 Å². The molecule has 2 heterocycles. The van der Waals surface area contributed by atoms with Gasteiger partial charge in [-0.15, -0.1) is 0 Å². The molecule has 0 saturated carbocycles. The Morgan fingerprint density at radius 1 is 0.893 bits per heavy atom. The van der Waals surface area contributed by atoms with Gasteiger partial charge in [-0.3, -0.25) is 4.98 Å². The van der Waals surface area contributed by atoms with Crippen molar-refractivity contribution in [3.05, 3.63) is 106 Å². The standard InChI is InChI=1S/C22H15Cl3N2O/c23-16-5-3-14(4-6-16)18-9-11-27(20-8-7-17(24)12-19(20)25)21(18)22(28)15-2-1-10-26-13-15/h1-13,22,28H. The van der Waals surface area contributed by atoms with Gasteiger partial charge in [0.25, 0.3) is 0 Å². The molecule has 4 aromatic rings. The summed E-state index contributed by atoms with van der Waals surface area (Å²) >= 11 is 18.5. The molecule has 4 rings (SSSR count). The predicted molar refractivity (Wildman–Crippen MR) is 115 cm³/mol. The van der Waals surface area contributed by atoms with Crippen molar-refractivity contribution in [2.45, 2.75) is 6.10 Å². The minimum Gasteiger partial charge on any atom is -0.382 e. The quantitative estimate of drug-likeness (QED) is 0.398. The summed E-state index contributed by atoms with van der Waals surface area (Å²) in [6, 6.07) is 18.3. The maximum atomic E-state index is 11.2. The Bertz CT molecular complexity index is 1110. The molecule has 1 atom stereocenters. The highest BCUT2D eigenvalue weighted by Gasteiger charge is 2.22. The van der Waals surface area contributed by atoms with Gasteiger partial charge in [0.1, 0.15) is 6.10 Å². The molecule has 6 heteroatoms. The molecule has 28 heavy (non-hydrogen) atoms. The van der Waals surface area contributed by atoms with Gasteiger partial charge in [-0.2, -0.15) is 0 Å². The van der Waals surface area contributed by atoms with Crippen LogP contribution in [0.15, 0.2) is 79.3 Å². The number of pyridine rings is 1. The molecule has 140 valence electrons. The molecule has 0 radical (unpaired) electrons. The lowest BCUT2D eigenvalue weighted by atomic mass is 10.00. The fourth-order valence-electron chi connectivity index (χ4n) is 3.18. The van der Waals surface area contributed by atoms with Crippen LogP contribution in [0.4, 0.5) is 0 Å². The number of nitrogens with zero attached hydrogens (tertiary/aromatic N) is 2. The van der Waals surface area contributed by atoms with Crippen molar-refractivity contribution in [1.29, 1.82) is 0 Å². The number of hydrogen-bond donors (Lipinski definition) is 1. The minimum atomic E-state index is -0.902. The number of benzene rings is 2. The van der Waals surface area contributed by atoms with Crippen molar-refractivity contribution in [2.24, 2.45) is 0 Å². The second-order valence-corrected chi connectivity index (χ2v) is 7.56. The maximum Gasteiger partial charge on any atom is 0.121 e. The SMILES string of the molecule is OC(c1cccnc1)c1c(-c2ccc(Cl)cc2)ccn1-c1ccc(Cl)cc1Cl. The minimum absolute atomic E-state index is 0.491. The molecule has 2 aromatic carbocycles. The first-order chi connectivity index (χ1) is 13.5. The summed E-state index contributed by atoms with van der Waals surface area (Å²) in [5.41, 5.74) is 3.90. The second kappa shape index (κ2) is 7.98. The second-order valence-electron chi connectivity index (χ2n) is 6.28. The van der Waals surface area contributed by atoms with Gasteiger partial charge in [0.2, 0.25) is 0 Å². The fraction of sp³-hybridized carbons (Fsp3) is 0.0455. The van der Waals surface area contributed by atoms with Gasteiger partial charge in [0, 0.05) is 39.8 Å². The molecule has 2 aromatic heterocycles. The van der Waals surface area contributed by atoms with Gasteiger partial charge in [0.15, 0.2) is 0 Å². The molecule has 0 aliphatic heterocycles. The highest BCUT2D eigenvalue weighted by atomic mass is 35.5. The zero-order valence-electron chi connectivity index (χ0n) is 14.6. The Morgan fingerprint density at radius 2 is 1.64 bits per heavy atom. The lowest BCUT2D eigenvalue weighted by Gasteiger charge is -2.18. The van der Waals surface area contributed by atoms with E-state index >= 15 is 0 Å². The smallest absolute Gasteiger partial charge is 0.121 e. The van der Waals surface area contributed by atoms with Crippen LogP contribution >= 0.6 is 34.8 Å². The molecular weight excluding hydrogens is 415 g/mol. The Hall–Kier alpha value is -2.30. The normalized spacial score (nSPS) is 12.1. The summed E-state index contributed by atoms with van der Waals surface area (Å²) in [7, 11) is 0. The van der Waals surface area contributed by atoms with E-state index in [1.54, 1.807) is 30.6 Å². The van der Waals surface area contributed by atoms with Crippen molar-refractivity contribution >= 4 is 34.8 Å². The number of hydrogen-bond acceptors (Lipinski definition) is 2. The summed E-state index contributed by atoms with van der Waals surface area (Å²) in [5.74, 6) is 0. The average Bonchev–Trinajstić information content (AvgIpc) is 3.13. The van der Waals surface area contributed by atoms with E-state index in [9.17, 15) is 5.11 Å². The van der Waals surface area contributed by atoms with Gasteiger partial charge in [-0.1, -0.05) is 53.0 Å². The number of aromatic nitrogens is 2. The topological polar surface area (TPSA) is 38.1 Å². The maximum absolute atomic E-state index is 11.2. The third kappa shape index (κ3) is 3.67. The zero-order valence-corrected chi connectivity index (χ0v) is 16.8. The zero-order chi connectivity index (χ0) is 19.7. The van der Waals surface area contributed by atoms with Crippen LogP contribution in [0.3, 0.4) is 0 Å². The van der Waals surface area contributed by atoms with Gasteiger partial charge >= 0.3 is 0 Å². The van der Waals surface area contributed by atoms with Crippen LogP contribution in [0.1, 0.15) is 17.4 Å². The van der Waals surface area contributed by atoms with Crippen LogP contribution < -0.4 is 0 Å². The molecule has 1 unspecified atom stereocenters. The predicted octanol–water partition coefficient (Wildman–Crippen LogP) is 6.58. The first-order valence-electron chi connectivity index (χ1n) is 8.55. The van der Waals surface area contributed by atoms with Gasteiger partial charge in [-0.05, 0) is 48.0 Å². The Balaban J connectivity index is 1.93. The van der Waals surface area contributed by atoms with Crippen LogP contribution in [-0.4, -0.2) is 14.7 Å². The Labute approximate surface area is 177 Å². The van der Waals surface area contributed by atoms with Gasteiger partial charge in [0.05, 0.1) is 16.4 Å². The summed E-state index contributed by atoms with van der Waals surface area (Å²) in [4.78, 5) is 4.13. The van der Waals surface area contributed by atoms with E-state index in [-0.39, 0.29) is 0 Å². The Morgan fingerprint density at radius 3 is 2.32 bits per heavy atom. The third-order valence-electron chi connectivity index (χ3n) is 4.51. The lowest BCUT2D eigenvalue weighted by Crippen LogP contribution is -2.09. The third-order valence-corrected chi connectivity index (χ3v) is 5.30. The van der Waals surface area contributed by atoms with Crippen LogP contribution in [0.2, 0.25) is 15.1 Å². The monoisotopic (exact) mass is 428 g/mol. The van der Waals surface area contributed by atoms with E-state index in [0.29, 0.717) is 26.3 Å². The van der Waals surface area contributed by atoms with E-state index in [2.05, 4.69) is 4.98 Å². The van der Waals surface area contributed by atoms with Crippen molar-refractivity contribution in [1.82, 2.24) is 9.55 Å². The molecular formula is C22H15Cl3N2O. The highest BCUT2D eigenvalue weighted by molar-refractivity contribution is 6.35. The molecule has 3 nitrogen and oxygen atoms in total. The van der Waals surface area contributed by atoms with Crippen LogP contribution in [0, 0.1) is 0 Å². The van der Waals surface area contributed by atoms with Crippen LogP contribution in [-0.2, 0) is 0 Å². The number of rotatable bonds is 4. The molecule has 0 amide bonds. The molecule has 0 aliphatic rings. The average molecular weight is 430 g/mol. The lowest BCUT2D eigenvalue weighted by molar-refractivity contribution is 0.213. The van der Waals surface area contributed by atoms with E-state index in [0.717, 1.165) is 16.8 Å². The molecule has 0 saturated heterocycles.